The van der Waals surface area contributed by atoms with Crippen molar-refractivity contribution < 1.29 is 43.4 Å². The van der Waals surface area contributed by atoms with Crippen LogP contribution in [0.2, 0.25) is 0 Å². The molecule has 4 aromatic rings. The molecule has 174 valence electrons. The summed E-state index contributed by atoms with van der Waals surface area (Å²) in [5, 5.41) is 2.14. The second-order valence-corrected chi connectivity index (χ2v) is 8.75. The Morgan fingerprint density at radius 1 is 0.562 bits per heavy atom. The maximum Gasteiger partial charge on any atom is 0.416 e. The molecule has 0 heterocycles. The maximum atomic E-state index is 12.8. The fourth-order valence-corrected chi connectivity index (χ4v) is 5.14. The van der Waals surface area contributed by atoms with E-state index in [0.717, 1.165) is 29.6 Å². The zero-order valence-electron chi connectivity index (χ0n) is 16.4. The molecule has 0 amide bonds. The second kappa shape index (κ2) is 11.0. The first-order chi connectivity index (χ1) is 14.7. The van der Waals surface area contributed by atoms with Crippen LogP contribution >= 0.6 is 7.92 Å². The Kier molecular flexibility index (Phi) is 8.91. The summed E-state index contributed by atoms with van der Waals surface area (Å²) in [6.07, 6.45) is -8.87. The summed E-state index contributed by atoms with van der Waals surface area (Å²) in [4.78, 5) is 0. The molecule has 0 unspecified atom stereocenters. The van der Waals surface area contributed by atoms with Crippen molar-refractivity contribution in [1.29, 1.82) is 0 Å². The standard InChI is InChI=1S/C19H12F6P.C5H5.Fe/c20-18(21,22)13-5-9-16(10-6-13)26(15-3-1-2-4-15)17-11-7-14(8-12-17)19(23,24)25;1-2-4-5-3-1;/h1-12H;1-5H;/q-1;-5;. The summed E-state index contributed by atoms with van der Waals surface area (Å²) < 4.78 is 76.6. The van der Waals surface area contributed by atoms with Gasteiger partial charge in [-0.15, -0.1) is 5.30 Å². The molecule has 0 bridgehead atoms. The van der Waals surface area contributed by atoms with Gasteiger partial charge in [-0.2, -0.15) is 38.5 Å². The Balaban J connectivity index is 0.000000534. The minimum atomic E-state index is -4.43. The van der Waals surface area contributed by atoms with Crippen LogP contribution in [0.5, 0.6) is 0 Å². The molecule has 0 N–H and O–H groups in total. The molecule has 0 aliphatic rings. The van der Waals surface area contributed by atoms with Crippen molar-refractivity contribution in [3.8, 4) is 0 Å². The fourth-order valence-electron chi connectivity index (χ4n) is 2.88. The second-order valence-electron chi connectivity index (χ2n) is 6.53. The first-order valence-corrected chi connectivity index (χ1v) is 10.5. The molecule has 0 saturated carbocycles. The number of hydrogen-bond donors (Lipinski definition) is 0. The van der Waals surface area contributed by atoms with E-state index in [9.17, 15) is 26.3 Å². The van der Waals surface area contributed by atoms with Crippen LogP contribution in [0, 0.1) is 0 Å². The van der Waals surface area contributed by atoms with E-state index in [2.05, 4.69) is 0 Å². The van der Waals surface area contributed by atoms with Crippen LogP contribution in [0.1, 0.15) is 11.1 Å². The van der Waals surface area contributed by atoms with E-state index in [-0.39, 0.29) is 17.1 Å². The first-order valence-electron chi connectivity index (χ1n) is 9.19. The van der Waals surface area contributed by atoms with Gasteiger partial charge in [-0.25, -0.2) is 12.1 Å². The minimum Gasteiger partial charge on any atom is -0.748 e. The maximum absolute atomic E-state index is 12.8. The predicted molar refractivity (Wildman–Crippen MR) is 113 cm³/mol. The molecule has 4 rings (SSSR count). The van der Waals surface area contributed by atoms with Gasteiger partial charge < -0.3 is 30.3 Å². The van der Waals surface area contributed by atoms with Crippen LogP contribution in [0.25, 0.3) is 0 Å². The Morgan fingerprint density at radius 3 is 1.16 bits per heavy atom. The molecule has 0 spiro atoms. The minimum absolute atomic E-state index is 0. The molecule has 0 aliphatic carbocycles. The molecule has 0 radical (unpaired) electrons. The van der Waals surface area contributed by atoms with Crippen molar-refractivity contribution in [2.45, 2.75) is 12.4 Å². The van der Waals surface area contributed by atoms with Gasteiger partial charge in [-0.1, -0.05) is 32.2 Å². The van der Waals surface area contributed by atoms with Gasteiger partial charge in [0.15, 0.2) is 0 Å². The van der Waals surface area contributed by atoms with Gasteiger partial charge in [-0.3, -0.25) is 0 Å². The Hall–Kier alpha value is -2.33. The predicted octanol–water partition coefficient (Wildman–Crippen LogP) is 6.60. The normalized spacial score (nSPS) is 11.5. The Morgan fingerprint density at radius 2 is 0.875 bits per heavy atom. The summed E-state index contributed by atoms with van der Waals surface area (Å²) in [5.74, 6) is 0. The summed E-state index contributed by atoms with van der Waals surface area (Å²) in [7, 11) is -1.24. The zero-order valence-corrected chi connectivity index (χ0v) is 18.4. The average molecular weight is 506 g/mol. The number of alkyl halides is 6. The number of benzene rings is 2. The third-order valence-corrected chi connectivity index (χ3v) is 6.81. The topological polar surface area (TPSA) is 0 Å². The van der Waals surface area contributed by atoms with Gasteiger partial charge in [0.1, 0.15) is 0 Å². The molecule has 0 fully saturated rings. The van der Waals surface area contributed by atoms with E-state index in [1.807, 2.05) is 42.5 Å². The van der Waals surface area contributed by atoms with Crippen molar-refractivity contribution >= 4 is 23.8 Å². The Bertz CT molecular complexity index is 957. The average Bonchev–Trinajstić information content (AvgIpc) is 3.45. The SMILES string of the molecule is FC(F)(F)c1ccc(P(c2ccc(C(F)(F)F)cc2)[c-]2cccc2)cc1.[Fe].[cH-]1[cH-][cH-][cH-][cH-]1. The smallest absolute Gasteiger partial charge is 0.416 e. The van der Waals surface area contributed by atoms with E-state index < -0.39 is 31.4 Å². The van der Waals surface area contributed by atoms with E-state index >= 15 is 0 Å². The van der Waals surface area contributed by atoms with Crippen LogP contribution in [0.3, 0.4) is 0 Å². The van der Waals surface area contributed by atoms with Gasteiger partial charge >= 0.3 is 12.4 Å². The molecular weight excluding hydrogens is 489 g/mol. The number of rotatable bonds is 3. The van der Waals surface area contributed by atoms with Gasteiger partial charge in [0.2, 0.25) is 0 Å². The molecule has 0 aliphatic heterocycles. The van der Waals surface area contributed by atoms with Crippen molar-refractivity contribution in [2.24, 2.45) is 0 Å². The van der Waals surface area contributed by atoms with Crippen molar-refractivity contribution in [3.63, 3.8) is 0 Å². The largest absolute Gasteiger partial charge is 0.748 e. The van der Waals surface area contributed by atoms with Gasteiger partial charge in [0.25, 0.3) is 0 Å². The van der Waals surface area contributed by atoms with Crippen LogP contribution in [0.4, 0.5) is 26.3 Å². The van der Waals surface area contributed by atoms with E-state index in [0.29, 0.717) is 10.6 Å². The van der Waals surface area contributed by atoms with Crippen LogP contribution in [-0.2, 0) is 29.4 Å². The van der Waals surface area contributed by atoms with Crippen molar-refractivity contribution in [3.05, 3.63) is 114 Å². The van der Waals surface area contributed by atoms with Crippen LogP contribution in [-0.4, -0.2) is 0 Å². The third kappa shape index (κ3) is 6.83. The molecule has 4 aromatic carbocycles. The molecule has 32 heavy (non-hydrogen) atoms. The number of hydrogen-bond acceptors (Lipinski definition) is 0. The summed E-state index contributed by atoms with van der Waals surface area (Å²) >= 11 is 0. The number of halogens is 6. The third-order valence-electron chi connectivity index (χ3n) is 4.36. The van der Waals surface area contributed by atoms with Gasteiger partial charge in [0, 0.05) is 17.1 Å². The monoisotopic (exact) mass is 506 g/mol. The van der Waals surface area contributed by atoms with Crippen molar-refractivity contribution in [1.82, 2.24) is 0 Å². The molecular formula is C24H17F6FeP-6. The van der Waals surface area contributed by atoms with Gasteiger partial charge in [0.05, 0.1) is 11.1 Å². The summed E-state index contributed by atoms with van der Waals surface area (Å²) in [6.45, 7) is 0. The quantitative estimate of drug-likeness (QED) is 0.127. The zero-order chi connectivity index (χ0) is 22.5. The molecule has 8 heteroatoms. The first kappa shape index (κ1) is 25.9. The molecule has 0 atom stereocenters. The van der Waals surface area contributed by atoms with Gasteiger partial charge in [-0.05, 0) is 34.9 Å². The molecule has 0 aromatic heterocycles. The van der Waals surface area contributed by atoms with Crippen LogP contribution < -0.4 is 15.9 Å². The van der Waals surface area contributed by atoms with Crippen molar-refractivity contribution in [2.75, 3.05) is 0 Å². The summed E-state index contributed by atoms with van der Waals surface area (Å²) in [5.41, 5.74) is -1.52. The molecule has 0 saturated heterocycles. The van der Waals surface area contributed by atoms with E-state index in [1.165, 1.54) is 24.3 Å². The van der Waals surface area contributed by atoms with Crippen LogP contribution in [0.15, 0.2) is 103 Å². The Labute approximate surface area is 193 Å². The summed E-state index contributed by atoms with van der Waals surface area (Å²) in [6, 6.07) is 26.8. The fraction of sp³-hybridized carbons (Fsp3) is 0.0833. The molecule has 0 nitrogen and oxygen atoms in total. The van der Waals surface area contributed by atoms with E-state index in [1.54, 1.807) is 12.1 Å². The van der Waals surface area contributed by atoms with E-state index in [4.69, 9.17) is 0 Å².